The number of furan rings is 1. The van der Waals surface area contributed by atoms with Crippen LogP contribution in [0.1, 0.15) is 35.2 Å². The molecule has 3 nitrogen and oxygen atoms in total. The highest BCUT2D eigenvalue weighted by Crippen LogP contribution is 2.15. The van der Waals surface area contributed by atoms with Crippen molar-refractivity contribution >= 4 is 5.97 Å². The van der Waals surface area contributed by atoms with Gasteiger partial charge in [-0.1, -0.05) is 6.92 Å². The van der Waals surface area contributed by atoms with Gasteiger partial charge >= 0.3 is 5.97 Å². The third-order valence-electron chi connectivity index (χ3n) is 1.70. The molecule has 0 aliphatic heterocycles. The summed E-state index contributed by atoms with van der Waals surface area (Å²) in [5.41, 5.74) is 0.276. The Morgan fingerprint density at radius 1 is 1.67 bits per heavy atom. The standard InChI is InChI=1S/C9H12O3/c1-3-4-7-5-8(9(10)11)6(2)12-7/h5H,3-4H2,1-2H3,(H,10,11). The van der Waals surface area contributed by atoms with Gasteiger partial charge in [0, 0.05) is 6.42 Å². The Morgan fingerprint density at radius 2 is 2.33 bits per heavy atom. The van der Waals surface area contributed by atoms with Crippen molar-refractivity contribution in [1.29, 1.82) is 0 Å². The zero-order valence-corrected chi connectivity index (χ0v) is 7.26. The van der Waals surface area contributed by atoms with Gasteiger partial charge in [0.05, 0.1) is 0 Å². The molecule has 0 amide bonds. The zero-order valence-electron chi connectivity index (χ0n) is 7.26. The number of aryl methyl sites for hydroxylation is 2. The zero-order chi connectivity index (χ0) is 9.14. The molecule has 1 rings (SSSR count). The van der Waals surface area contributed by atoms with Gasteiger partial charge < -0.3 is 9.52 Å². The van der Waals surface area contributed by atoms with Crippen LogP contribution in [0.25, 0.3) is 0 Å². The molecule has 0 aromatic carbocycles. The van der Waals surface area contributed by atoms with Gasteiger partial charge in [-0.05, 0) is 19.4 Å². The molecule has 66 valence electrons. The summed E-state index contributed by atoms with van der Waals surface area (Å²) in [5.74, 6) is 0.331. The molecule has 1 aromatic rings. The van der Waals surface area contributed by atoms with Gasteiger partial charge in [0.1, 0.15) is 17.1 Å². The molecule has 0 aliphatic carbocycles. The first kappa shape index (κ1) is 8.84. The van der Waals surface area contributed by atoms with E-state index in [4.69, 9.17) is 9.52 Å². The molecule has 0 atom stereocenters. The molecule has 0 spiro atoms. The van der Waals surface area contributed by atoms with Crippen molar-refractivity contribution in [3.05, 3.63) is 23.2 Å². The fraction of sp³-hybridized carbons (Fsp3) is 0.444. The average Bonchev–Trinajstić information content (AvgIpc) is 2.32. The summed E-state index contributed by atoms with van der Waals surface area (Å²) in [5, 5.41) is 8.69. The molecule has 0 radical (unpaired) electrons. The molecule has 0 bridgehead atoms. The van der Waals surface area contributed by atoms with Gasteiger partial charge in [0.15, 0.2) is 0 Å². The number of hydrogen-bond donors (Lipinski definition) is 1. The van der Waals surface area contributed by atoms with Crippen LogP contribution in [0.2, 0.25) is 0 Å². The second-order valence-corrected chi connectivity index (χ2v) is 2.74. The van der Waals surface area contributed by atoms with Crippen molar-refractivity contribution in [2.75, 3.05) is 0 Å². The second kappa shape index (κ2) is 3.43. The van der Waals surface area contributed by atoms with Crippen molar-refractivity contribution in [2.45, 2.75) is 26.7 Å². The van der Waals surface area contributed by atoms with E-state index >= 15 is 0 Å². The van der Waals surface area contributed by atoms with Crippen molar-refractivity contribution in [3.63, 3.8) is 0 Å². The predicted octanol–water partition coefficient (Wildman–Crippen LogP) is 2.24. The minimum absolute atomic E-state index is 0.276. The third kappa shape index (κ3) is 1.67. The summed E-state index contributed by atoms with van der Waals surface area (Å²) in [7, 11) is 0. The van der Waals surface area contributed by atoms with E-state index in [9.17, 15) is 4.79 Å². The largest absolute Gasteiger partial charge is 0.478 e. The normalized spacial score (nSPS) is 10.2. The minimum Gasteiger partial charge on any atom is -0.478 e. The maximum absolute atomic E-state index is 10.6. The number of carbonyl (C=O) groups is 1. The molecule has 0 saturated carbocycles. The van der Waals surface area contributed by atoms with Gasteiger partial charge in [0.25, 0.3) is 0 Å². The Kier molecular flexibility index (Phi) is 2.53. The Bertz CT molecular complexity index is 286. The lowest BCUT2D eigenvalue weighted by Crippen LogP contribution is -1.94. The first-order chi connectivity index (χ1) is 5.65. The fourth-order valence-electron chi connectivity index (χ4n) is 1.13. The summed E-state index contributed by atoms with van der Waals surface area (Å²) < 4.78 is 5.24. The van der Waals surface area contributed by atoms with Crippen LogP contribution in [0.4, 0.5) is 0 Å². The quantitative estimate of drug-likeness (QED) is 0.752. The summed E-state index contributed by atoms with van der Waals surface area (Å²) in [6, 6.07) is 1.60. The number of rotatable bonds is 3. The topological polar surface area (TPSA) is 50.4 Å². The molecule has 12 heavy (non-hydrogen) atoms. The van der Waals surface area contributed by atoms with Crippen LogP contribution >= 0.6 is 0 Å². The number of carboxylic acids is 1. The first-order valence-corrected chi connectivity index (χ1v) is 3.97. The summed E-state index contributed by atoms with van der Waals surface area (Å²) in [6.07, 6.45) is 1.76. The molecule has 0 aliphatic rings. The molecule has 0 unspecified atom stereocenters. The number of carboxylic acid groups (broad SMARTS) is 1. The molecular weight excluding hydrogens is 156 g/mol. The van der Waals surface area contributed by atoms with E-state index in [1.807, 2.05) is 6.92 Å². The van der Waals surface area contributed by atoms with E-state index in [1.165, 1.54) is 0 Å². The van der Waals surface area contributed by atoms with E-state index in [0.29, 0.717) is 5.76 Å². The predicted molar refractivity (Wildman–Crippen MR) is 44.4 cm³/mol. The molecule has 1 N–H and O–H groups in total. The summed E-state index contributed by atoms with van der Waals surface area (Å²) >= 11 is 0. The van der Waals surface area contributed by atoms with E-state index in [-0.39, 0.29) is 5.56 Å². The summed E-state index contributed by atoms with van der Waals surface area (Å²) in [4.78, 5) is 10.6. The average molecular weight is 168 g/mol. The Labute approximate surface area is 71.0 Å². The lowest BCUT2D eigenvalue weighted by Gasteiger charge is -1.87. The van der Waals surface area contributed by atoms with Crippen LogP contribution in [-0.4, -0.2) is 11.1 Å². The Balaban J connectivity index is 2.92. The van der Waals surface area contributed by atoms with Crippen LogP contribution in [0.3, 0.4) is 0 Å². The molecule has 3 heteroatoms. The second-order valence-electron chi connectivity index (χ2n) is 2.74. The van der Waals surface area contributed by atoms with Gasteiger partial charge in [-0.3, -0.25) is 0 Å². The fourth-order valence-corrected chi connectivity index (χ4v) is 1.13. The smallest absolute Gasteiger partial charge is 0.339 e. The first-order valence-electron chi connectivity index (χ1n) is 3.97. The van der Waals surface area contributed by atoms with E-state index in [0.717, 1.165) is 18.6 Å². The maximum Gasteiger partial charge on any atom is 0.339 e. The van der Waals surface area contributed by atoms with Crippen molar-refractivity contribution in [1.82, 2.24) is 0 Å². The van der Waals surface area contributed by atoms with E-state index in [1.54, 1.807) is 13.0 Å². The SMILES string of the molecule is CCCc1cc(C(=O)O)c(C)o1. The van der Waals surface area contributed by atoms with Crippen LogP contribution in [0.5, 0.6) is 0 Å². The van der Waals surface area contributed by atoms with Gasteiger partial charge in [-0.15, -0.1) is 0 Å². The van der Waals surface area contributed by atoms with Crippen LogP contribution in [0.15, 0.2) is 10.5 Å². The maximum atomic E-state index is 10.6. The summed E-state index contributed by atoms with van der Waals surface area (Å²) in [6.45, 7) is 3.70. The highest BCUT2D eigenvalue weighted by molar-refractivity contribution is 5.88. The lowest BCUT2D eigenvalue weighted by molar-refractivity contribution is 0.0695. The number of aromatic carboxylic acids is 1. The minimum atomic E-state index is -0.918. The van der Waals surface area contributed by atoms with Crippen molar-refractivity contribution in [3.8, 4) is 0 Å². The van der Waals surface area contributed by atoms with Crippen molar-refractivity contribution in [2.24, 2.45) is 0 Å². The van der Waals surface area contributed by atoms with Gasteiger partial charge in [-0.25, -0.2) is 4.79 Å². The Hall–Kier alpha value is -1.25. The number of hydrogen-bond acceptors (Lipinski definition) is 2. The molecule has 0 saturated heterocycles. The molecule has 1 aromatic heterocycles. The monoisotopic (exact) mass is 168 g/mol. The van der Waals surface area contributed by atoms with Crippen LogP contribution in [-0.2, 0) is 6.42 Å². The third-order valence-corrected chi connectivity index (χ3v) is 1.70. The van der Waals surface area contributed by atoms with Gasteiger partial charge in [-0.2, -0.15) is 0 Å². The Morgan fingerprint density at radius 3 is 2.75 bits per heavy atom. The van der Waals surface area contributed by atoms with Gasteiger partial charge in [0.2, 0.25) is 0 Å². The van der Waals surface area contributed by atoms with Crippen LogP contribution < -0.4 is 0 Å². The van der Waals surface area contributed by atoms with Crippen molar-refractivity contribution < 1.29 is 14.3 Å². The molecule has 0 fully saturated rings. The molecular formula is C9H12O3. The van der Waals surface area contributed by atoms with E-state index < -0.39 is 5.97 Å². The lowest BCUT2D eigenvalue weighted by atomic mass is 10.2. The molecule has 1 heterocycles. The van der Waals surface area contributed by atoms with Crippen LogP contribution in [0, 0.1) is 6.92 Å². The highest BCUT2D eigenvalue weighted by atomic mass is 16.4. The highest BCUT2D eigenvalue weighted by Gasteiger charge is 2.12. The van der Waals surface area contributed by atoms with E-state index in [2.05, 4.69) is 0 Å².